The Balaban J connectivity index is 4.16. The van der Waals surface area contributed by atoms with Crippen molar-refractivity contribution in [2.75, 3.05) is 39.3 Å². The maximum Gasteiger partial charge on any atom is 0.317 e. The van der Waals surface area contributed by atoms with Crippen LogP contribution in [0.5, 0.6) is 0 Å². The molecule has 0 saturated heterocycles. The number of carboxylic acid groups (broad SMARTS) is 1. The number of Topliss-reactive ketones (excluding diaryl/α,β-unsaturated/α-hetero) is 1. The van der Waals surface area contributed by atoms with Gasteiger partial charge < -0.3 is 5.11 Å². The predicted molar refractivity (Wildman–Crippen MR) is 71.8 cm³/mol. The molecule has 0 aliphatic rings. The zero-order valence-corrected chi connectivity index (χ0v) is 11.8. The van der Waals surface area contributed by atoms with Crippen LogP contribution in [0.1, 0.15) is 33.6 Å². The Morgan fingerprint density at radius 1 is 0.889 bits per heavy atom. The van der Waals surface area contributed by atoms with E-state index in [4.69, 9.17) is 5.11 Å². The molecular weight excluding hydrogens is 232 g/mol. The summed E-state index contributed by atoms with van der Waals surface area (Å²) in [5.41, 5.74) is 0. The first-order valence-electron chi connectivity index (χ1n) is 6.65. The second kappa shape index (κ2) is 10.0. The van der Waals surface area contributed by atoms with Gasteiger partial charge >= 0.3 is 5.97 Å². The van der Waals surface area contributed by atoms with E-state index in [2.05, 4.69) is 11.8 Å². The lowest BCUT2D eigenvalue weighted by molar-refractivity contribution is -0.138. The van der Waals surface area contributed by atoms with E-state index in [0.717, 1.165) is 32.5 Å². The van der Waals surface area contributed by atoms with Crippen LogP contribution in [-0.4, -0.2) is 65.9 Å². The summed E-state index contributed by atoms with van der Waals surface area (Å²) in [6, 6.07) is 0. The van der Waals surface area contributed by atoms with Crippen molar-refractivity contribution in [3.8, 4) is 0 Å². The maximum atomic E-state index is 11.1. The highest BCUT2D eigenvalue weighted by molar-refractivity contribution is 5.77. The zero-order valence-electron chi connectivity index (χ0n) is 11.8. The Bertz CT molecular complexity index is 231. The Hall–Kier alpha value is -0.940. The third-order valence-electron chi connectivity index (χ3n) is 2.62. The van der Waals surface area contributed by atoms with E-state index in [0.29, 0.717) is 13.1 Å². The number of carbonyl (C=O) groups is 2. The first-order chi connectivity index (χ1) is 8.49. The largest absolute Gasteiger partial charge is 0.480 e. The molecule has 0 spiro atoms. The van der Waals surface area contributed by atoms with Crippen molar-refractivity contribution in [1.29, 1.82) is 0 Å². The summed E-state index contributed by atoms with van der Waals surface area (Å²) in [5, 5.41) is 8.82. The molecular formula is C13H26N2O3. The number of rotatable bonds is 11. The van der Waals surface area contributed by atoms with E-state index in [9.17, 15) is 9.59 Å². The lowest BCUT2D eigenvalue weighted by Gasteiger charge is -2.25. The molecule has 0 unspecified atom stereocenters. The molecule has 18 heavy (non-hydrogen) atoms. The molecule has 0 atom stereocenters. The molecule has 0 rings (SSSR count). The Morgan fingerprint density at radius 2 is 1.33 bits per heavy atom. The fraction of sp³-hybridized carbons (Fsp3) is 0.846. The van der Waals surface area contributed by atoms with Crippen molar-refractivity contribution in [3.05, 3.63) is 0 Å². The van der Waals surface area contributed by atoms with Crippen LogP contribution in [0, 0.1) is 0 Å². The van der Waals surface area contributed by atoms with Gasteiger partial charge in [0.15, 0.2) is 0 Å². The molecule has 0 aromatic heterocycles. The van der Waals surface area contributed by atoms with Gasteiger partial charge in [-0.2, -0.15) is 0 Å². The predicted octanol–water partition coefficient (Wildman–Crippen LogP) is 1.08. The van der Waals surface area contributed by atoms with Crippen molar-refractivity contribution < 1.29 is 14.7 Å². The normalized spacial score (nSPS) is 11.2. The highest BCUT2D eigenvalue weighted by Crippen LogP contribution is 1.96. The van der Waals surface area contributed by atoms with Gasteiger partial charge in [-0.3, -0.25) is 19.4 Å². The summed E-state index contributed by atoms with van der Waals surface area (Å²) in [6.07, 6.45) is 1.94. The maximum absolute atomic E-state index is 11.1. The monoisotopic (exact) mass is 258 g/mol. The molecule has 0 aromatic rings. The molecule has 0 amide bonds. The van der Waals surface area contributed by atoms with Crippen molar-refractivity contribution in [3.63, 3.8) is 0 Å². The second-order valence-electron chi connectivity index (χ2n) is 4.65. The van der Waals surface area contributed by atoms with Crippen LogP contribution in [0.2, 0.25) is 0 Å². The van der Waals surface area contributed by atoms with E-state index in [-0.39, 0.29) is 12.3 Å². The average Bonchev–Trinajstić information content (AvgIpc) is 2.24. The molecule has 0 aliphatic heterocycles. The fourth-order valence-electron chi connectivity index (χ4n) is 1.96. The van der Waals surface area contributed by atoms with Crippen LogP contribution in [0.4, 0.5) is 0 Å². The van der Waals surface area contributed by atoms with Crippen LogP contribution >= 0.6 is 0 Å². The van der Waals surface area contributed by atoms with E-state index in [1.54, 1.807) is 6.92 Å². The molecule has 0 saturated carbocycles. The van der Waals surface area contributed by atoms with Crippen molar-refractivity contribution in [1.82, 2.24) is 9.80 Å². The first-order valence-corrected chi connectivity index (χ1v) is 6.65. The lowest BCUT2D eigenvalue weighted by atomic mass is 10.3. The third kappa shape index (κ3) is 9.13. The summed E-state index contributed by atoms with van der Waals surface area (Å²) in [4.78, 5) is 25.9. The number of aliphatic carboxylic acids is 1. The molecule has 1 N–H and O–H groups in total. The van der Waals surface area contributed by atoms with Gasteiger partial charge in [0.25, 0.3) is 0 Å². The molecule has 0 aliphatic carbocycles. The molecule has 0 heterocycles. The summed E-state index contributed by atoms with van der Waals surface area (Å²) in [6.45, 7) is 9.36. The highest BCUT2D eigenvalue weighted by Gasteiger charge is 2.12. The SMILES string of the molecule is CCCN(CCN(CCC)CC(=O)O)CC(C)=O. The van der Waals surface area contributed by atoms with Crippen LogP contribution in [0.3, 0.4) is 0 Å². The number of hydrogen-bond acceptors (Lipinski definition) is 4. The summed E-state index contributed by atoms with van der Waals surface area (Å²) in [5.74, 6) is -0.638. The number of ketones is 1. The minimum absolute atomic E-state index is 0.0773. The van der Waals surface area contributed by atoms with Crippen molar-refractivity contribution in [2.45, 2.75) is 33.6 Å². The van der Waals surface area contributed by atoms with Gasteiger partial charge in [-0.1, -0.05) is 13.8 Å². The Labute approximate surface area is 110 Å². The fourth-order valence-corrected chi connectivity index (χ4v) is 1.96. The van der Waals surface area contributed by atoms with Gasteiger partial charge in [0.1, 0.15) is 5.78 Å². The van der Waals surface area contributed by atoms with Crippen LogP contribution in [0.15, 0.2) is 0 Å². The number of carboxylic acids is 1. The molecule has 0 fully saturated rings. The lowest BCUT2D eigenvalue weighted by Crippen LogP contribution is -2.40. The molecule has 0 aromatic carbocycles. The molecule has 0 radical (unpaired) electrons. The summed E-state index contributed by atoms with van der Waals surface area (Å²) in [7, 11) is 0. The molecule has 5 heteroatoms. The minimum Gasteiger partial charge on any atom is -0.480 e. The van der Waals surface area contributed by atoms with Crippen molar-refractivity contribution in [2.24, 2.45) is 0 Å². The summed E-state index contributed by atoms with van der Waals surface area (Å²) < 4.78 is 0. The second-order valence-corrected chi connectivity index (χ2v) is 4.65. The van der Waals surface area contributed by atoms with Gasteiger partial charge in [-0.25, -0.2) is 0 Å². The van der Waals surface area contributed by atoms with Crippen LogP contribution in [0.25, 0.3) is 0 Å². The quantitative estimate of drug-likeness (QED) is 0.601. The van der Waals surface area contributed by atoms with E-state index >= 15 is 0 Å². The number of nitrogens with zero attached hydrogens (tertiary/aromatic N) is 2. The molecule has 106 valence electrons. The Kier molecular flexibility index (Phi) is 9.50. The standard InChI is InChI=1S/C13H26N2O3/c1-4-6-14(10-12(3)16)8-9-15(7-5-2)11-13(17)18/h4-11H2,1-3H3,(H,17,18). The molecule has 5 nitrogen and oxygen atoms in total. The van der Waals surface area contributed by atoms with Crippen molar-refractivity contribution >= 4 is 11.8 Å². The van der Waals surface area contributed by atoms with Crippen LogP contribution < -0.4 is 0 Å². The van der Waals surface area contributed by atoms with Crippen LogP contribution in [-0.2, 0) is 9.59 Å². The summed E-state index contributed by atoms with van der Waals surface area (Å²) >= 11 is 0. The van der Waals surface area contributed by atoms with E-state index in [1.807, 2.05) is 11.8 Å². The minimum atomic E-state index is -0.794. The smallest absolute Gasteiger partial charge is 0.317 e. The van der Waals surface area contributed by atoms with E-state index < -0.39 is 5.97 Å². The number of hydrogen-bond donors (Lipinski definition) is 1. The van der Waals surface area contributed by atoms with E-state index in [1.165, 1.54) is 0 Å². The zero-order chi connectivity index (χ0) is 14.0. The topological polar surface area (TPSA) is 60.9 Å². The van der Waals surface area contributed by atoms with Gasteiger partial charge in [0.2, 0.25) is 0 Å². The molecule has 0 bridgehead atoms. The first kappa shape index (κ1) is 17.1. The average molecular weight is 258 g/mol. The third-order valence-corrected chi connectivity index (χ3v) is 2.62. The van der Waals surface area contributed by atoms with Gasteiger partial charge in [0, 0.05) is 13.1 Å². The highest BCUT2D eigenvalue weighted by atomic mass is 16.4. The number of carbonyl (C=O) groups excluding carboxylic acids is 1. The van der Waals surface area contributed by atoms with Gasteiger partial charge in [-0.15, -0.1) is 0 Å². The van der Waals surface area contributed by atoms with Gasteiger partial charge in [0.05, 0.1) is 13.1 Å². The Morgan fingerprint density at radius 3 is 1.67 bits per heavy atom. The van der Waals surface area contributed by atoms with Gasteiger partial charge in [-0.05, 0) is 32.9 Å².